The van der Waals surface area contributed by atoms with E-state index in [0.717, 1.165) is 24.2 Å². The highest BCUT2D eigenvalue weighted by atomic mass is 14.9. The van der Waals surface area contributed by atoms with Crippen LogP contribution >= 0.6 is 0 Å². The molecule has 0 spiro atoms. The minimum Gasteiger partial charge on any atom is -0.312 e. The number of nitrogens with one attached hydrogen (secondary N) is 1. The van der Waals surface area contributed by atoms with Crippen molar-refractivity contribution in [3.05, 3.63) is 12.2 Å². The fraction of sp³-hybridized carbons (Fsp3) is 0.900. The SMILES string of the molecule is C=C(CC)CC1CC(C(C)(C)C)CCC1CNC(C)(C)C. The summed E-state index contributed by atoms with van der Waals surface area (Å²) in [4.78, 5) is 0. The summed E-state index contributed by atoms with van der Waals surface area (Å²) in [6, 6.07) is 0. The van der Waals surface area contributed by atoms with E-state index in [1.807, 2.05) is 0 Å². The Bertz CT molecular complexity index is 329. The molecule has 0 aromatic heterocycles. The first kappa shape index (κ1) is 18.7. The molecular formula is C20H39N. The molecular weight excluding hydrogens is 254 g/mol. The van der Waals surface area contributed by atoms with Gasteiger partial charge in [-0.1, -0.05) is 39.8 Å². The van der Waals surface area contributed by atoms with E-state index in [0.29, 0.717) is 5.41 Å². The second-order valence-electron chi connectivity index (χ2n) is 9.33. The molecule has 0 aromatic rings. The summed E-state index contributed by atoms with van der Waals surface area (Å²) in [7, 11) is 0. The number of allylic oxidation sites excluding steroid dienone is 1. The third-order valence-corrected chi connectivity index (χ3v) is 5.31. The molecule has 1 fully saturated rings. The topological polar surface area (TPSA) is 12.0 Å². The van der Waals surface area contributed by atoms with Crippen LogP contribution < -0.4 is 5.32 Å². The Hall–Kier alpha value is -0.300. The second kappa shape index (κ2) is 7.31. The van der Waals surface area contributed by atoms with Crippen LogP contribution in [-0.4, -0.2) is 12.1 Å². The molecule has 0 heterocycles. The standard InChI is InChI=1S/C20H39N/c1-9-15(2)12-17-13-18(19(3,4)5)11-10-16(17)14-21-20(6,7)8/h16-18,21H,2,9-14H2,1,3-8H3. The largest absolute Gasteiger partial charge is 0.312 e. The summed E-state index contributed by atoms with van der Waals surface area (Å²) >= 11 is 0. The zero-order valence-electron chi connectivity index (χ0n) is 15.7. The molecule has 1 rings (SSSR count). The van der Waals surface area contributed by atoms with Crippen molar-refractivity contribution in [1.29, 1.82) is 0 Å². The fourth-order valence-electron chi connectivity index (χ4n) is 3.58. The Morgan fingerprint density at radius 3 is 2.14 bits per heavy atom. The van der Waals surface area contributed by atoms with Gasteiger partial charge in [-0.15, -0.1) is 0 Å². The van der Waals surface area contributed by atoms with Gasteiger partial charge in [0, 0.05) is 5.54 Å². The van der Waals surface area contributed by atoms with Crippen molar-refractivity contribution in [3.8, 4) is 0 Å². The summed E-state index contributed by atoms with van der Waals surface area (Å²) in [6.07, 6.45) is 6.54. The van der Waals surface area contributed by atoms with Crippen molar-refractivity contribution in [2.75, 3.05) is 6.54 Å². The van der Waals surface area contributed by atoms with Gasteiger partial charge in [-0.2, -0.15) is 0 Å². The molecule has 0 radical (unpaired) electrons. The van der Waals surface area contributed by atoms with Gasteiger partial charge in [-0.05, 0) is 82.6 Å². The van der Waals surface area contributed by atoms with Crippen LogP contribution in [0.1, 0.15) is 80.6 Å². The van der Waals surface area contributed by atoms with Gasteiger partial charge < -0.3 is 5.32 Å². The van der Waals surface area contributed by atoms with Crippen molar-refractivity contribution in [2.45, 2.75) is 86.1 Å². The van der Waals surface area contributed by atoms with Crippen molar-refractivity contribution >= 4 is 0 Å². The molecule has 1 aliphatic rings. The lowest BCUT2D eigenvalue weighted by atomic mass is 9.64. The first-order valence-corrected chi connectivity index (χ1v) is 8.94. The molecule has 124 valence electrons. The van der Waals surface area contributed by atoms with Crippen LogP contribution in [0.3, 0.4) is 0 Å². The van der Waals surface area contributed by atoms with Gasteiger partial charge in [0.2, 0.25) is 0 Å². The van der Waals surface area contributed by atoms with E-state index < -0.39 is 0 Å². The molecule has 0 saturated heterocycles. The van der Waals surface area contributed by atoms with Gasteiger partial charge in [-0.25, -0.2) is 0 Å². The summed E-state index contributed by atoms with van der Waals surface area (Å²) < 4.78 is 0. The molecule has 1 saturated carbocycles. The smallest absolute Gasteiger partial charge is 0.00966 e. The maximum absolute atomic E-state index is 4.28. The second-order valence-corrected chi connectivity index (χ2v) is 9.33. The van der Waals surface area contributed by atoms with E-state index in [9.17, 15) is 0 Å². The maximum Gasteiger partial charge on any atom is 0.00966 e. The lowest BCUT2D eigenvalue weighted by Gasteiger charge is -2.43. The molecule has 0 bridgehead atoms. The zero-order chi connectivity index (χ0) is 16.3. The van der Waals surface area contributed by atoms with Gasteiger partial charge in [0.15, 0.2) is 0 Å². The highest BCUT2D eigenvalue weighted by molar-refractivity contribution is 4.98. The molecule has 0 aromatic carbocycles. The van der Waals surface area contributed by atoms with Crippen LogP contribution in [-0.2, 0) is 0 Å². The van der Waals surface area contributed by atoms with E-state index in [1.165, 1.54) is 37.8 Å². The van der Waals surface area contributed by atoms with Gasteiger partial charge in [0.05, 0.1) is 0 Å². The number of hydrogen-bond donors (Lipinski definition) is 1. The van der Waals surface area contributed by atoms with Crippen LogP contribution in [0.4, 0.5) is 0 Å². The molecule has 3 atom stereocenters. The third-order valence-electron chi connectivity index (χ3n) is 5.31. The third kappa shape index (κ3) is 6.55. The van der Waals surface area contributed by atoms with E-state index >= 15 is 0 Å². The van der Waals surface area contributed by atoms with Crippen LogP contribution in [0, 0.1) is 23.2 Å². The lowest BCUT2D eigenvalue weighted by molar-refractivity contribution is 0.0935. The molecule has 1 nitrogen and oxygen atoms in total. The van der Waals surface area contributed by atoms with E-state index in [4.69, 9.17) is 0 Å². The van der Waals surface area contributed by atoms with Crippen LogP contribution in [0.5, 0.6) is 0 Å². The summed E-state index contributed by atoms with van der Waals surface area (Å²) in [5.74, 6) is 2.52. The van der Waals surface area contributed by atoms with Crippen molar-refractivity contribution in [1.82, 2.24) is 5.32 Å². The van der Waals surface area contributed by atoms with E-state index in [2.05, 4.69) is 60.4 Å². The summed E-state index contributed by atoms with van der Waals surface area (Å²) in [5.41, 5.74) is 2.12. The predicted molar refractivity (Wildman–Crippen MR) is 95.6 cm³/mol. The minimum absolute atomic E-state index is 0.229. The summed E-state index contributed by atoms with van der Waals surface area (Å²) in [5, 5.41) is 3.74. The Kier molecular flexibility index (Phi) is 6.53. The van der Waals surface area contributed by atoms with E-state index in [1.54, 1.807) is 0 Å². The van der Waals surface area contributed by atoms with Gasteiger partial charge in [0.1, 0.15) is 0 Å². The Labute approximate surface area is 134 Å². The molecule has 1 aliphatic carbocycles. The molecule has 1 heteroatoms. The predicted octanol–water partition coefficient (Wildman–Crippen LogP) is 5.81. The minimum atomic E-state index is 0.229. The maximum atomic E-state index is 4.28. The van der Waals surface area contributed by atoms with Crippen LogP contribution in [0.2, 0.25) is 0 Å². The first-order valence-electron chi connectivity index (χ1n) is 8.94. The summed E-state index contributed by atoms with van der Waals surface area (Å²) in [6.45, 7) is 21.7. The molecule has 3 unspecified atom stereocenters. The van der Waals surface area contributed by atoms with Crippen LogP contribution in [0.15, 0.2) is 12.2 Å². The van der Waals surface area contributed by atoms with Crippen molar-refractivity contribution in [2.24, 2.45) is 23.2 Å². The Balaban J connectivity index is 2.70. The Morgan fingerprint density at radius 2 is 1.67 bits per heavy atom. The Morgan fingerprint density at radius 1 is 1.05 bits per heavy atom. The average Bonchev–Trinajstić information content (AvgIpc) is 2.34. The molecule has 1 N–H and O–H groups in total. The van der Waals surface area contributed by atoms with Crippen LogP contribution in [0.25, 0.3) is 0 Å². The number of hydrogen-bond acceptors (Lipinski definition) is 1. The molecule has 0 aliphatic heterocycles. The highest BCUT2D eigenvalue weighted by Gasteiger charge is 2.36. The van der Waals surface area contributed by atoms with Gasteiger partial charge in [-0.3, -0.25) is 0 Å². The van der Waals surface area contributed by atoms with Gasteiger partial charge in [0.25, 0.3) is 0 Å². The first-order chi connectivity index (χ1) is 9.53. The monoisotopic (exact) mass is 293 g/mol. The van der Waals surface area contributed by atoms with Crippen molar-refractivity contribution < 1.29 is 0 Å². The average molecular weight is 294 g/mol. The van der Waals surface area contributed by atoms with E-state index in [-0.39, 0.29) is 5.54 Å². The number of rotatable bonds is 5. The lowest BCUT2D eigenvalue weighted by Crippen LogP contribution is -2.43. The van der Waals surface area contributed by atoms with Gasteiger partial charge >= 0.3 is 0 Å². The highest BCUT2D eigenvalue weighted by Crippen LogP contribution is 2.44. The quantitative estimate of drug-likeness (QED) is 0.631. The fourth-order valence-corrected chi connectivity index (χ4v) is 3.58. The zero-order valence-corrected chi connectivity index (χ0v) is 15.7. The molecule has 21 heavy (non-hydrogen) atoms. The molecule has 0 amide bonds. The van der Waals surface area contributed by atoms with Crippen molar-refractivity contribution in [3.63, 3.8) is 0 Å². The normalized spacial score (nSPS) is 27.7.